The second-order valence-electron chi connectivity index (χ2n) is 5.55. The molecule has 1 aromatic carbocycles. The first-order chi connectivity index (χ1) is 12.1. The van der Waals surface area contributed by atoms with Gasteiger partial charge in [-0.1, -0.05) is 18.2 Å². The van der Waals surface area contributed by atoms with Crippen LogP contribution >= 0.6 is 11.3 Å². The van der Waals surface area contributed by atoms with E-state index < -0.39 is 4.92 Å². The molecule has 0 N–H and O–H groups in total. The number of carbonyl (C=O) groups excluding carboxylic acids is 1. The van der Waals surface area contributed by atoms with Crippen LogP contribution in [0.25, 0.3) is 0 Å². The highest BCUT2D eigenvalue weighted by Crippen LogP contribution is 2.26. The number of nitro benzene ring substituents is 1. The predicted molar refractivity (Wildman–Crippen MR) is 94.4 cm³/mol. The Bertz CT molecular complexity index is 836. The van der Waals surface area contributed by atoms with E-state index in [0.717, 1.165) is 4.88 Å². The van der Waals surface area contributed by atoms with Crippen molar-refractivity contribution in [2.75, 3.05) is 0 Å². The molecule has 2 aromatic heterocycles. The molecule has 2 heterocycles. The van der Waals surface area contributed by atoms with E-state index in [1.807, 2.05) is 17.5 Å². The third-order valence-electron chi connectivity index (χ3n) is 3.79. The Kier molecular flexibility index (Phi) is 4.95. The first-order valence-corrected chi connectivity index (χ1v) is 8.52. The number of aryl methyl sites for hydroxylation is 1. The van der Waals surface area contributed by atoms with Gasteiger partial charge in [-0.15, -0.1) is 11.3 Å². The summed E-state index contributed by atoms with van der Waals surface area (Å²) in [6.45, 7) is 2.24. The number of furan rings is 1. The third-order valence-corrected chi connectivity index (χ3v) is 4.65. The molecule has 0 aliphatic heterocycles. The van der Waals surface area contributed by atoms with E-state index in [9.17, 15) is 14.9 Å². The number of benzene rings is 1. The van der Waals surface area contributed by atoms with Crippen LogP contribution in [0, 0.1) is 17.0 Å². The van der Waals surface area contributed by atoms with Gasteiger partial charge in [-0.2, -0.15) is 0 Å². The number of amides is 1. The van der Waals surface area contributed by atoms with Gasteiger partial charge in [0.15, 0.2) is 0 Å². The van der Waals surface area contributed by atoms with Crippen molar-refractivity contribution in [3.63, 3.8) is 0 Å². The molecular weight excluding hydrogens is 340 g/mol. The van der Waals surface area contributed by atoms with Crippen molar-refractivity contribution in [2.24, 2.45) is 0 Å². The molecule has 0 aliphatic carbocycles. The smallest absolute Gasteiger partial charge is 0.285 e. The summed E-state index contributed by atoms with van der Waals surface area (Å²) in [5, 5.41) is 13.4. The van der Waals surface area contributed by atoms with Crippen LogP contribution in [0.15, 0.2) is 58.5 Å². The zero-order valence-corrected chi connectivity index (χ0v) is 14.4. The van der Waals surface area contributed by atoms with Crippen molar-refractivity contribution in [1.29, 1.82) is 0 Å². The van der Waals surface area contributed by atoms with Gasteiger partial charge in [-0.05, 0) is 36.6 Å². The number of nitro groups is 1. The van der Waals surface area contributed by atoms with Crippen molar-refractivity contribution in [3.05, 3.63) is 86.0 Å². The second-order valence-corrected chi connectivity index (χ2v) is 6.58. The molecule has 7 heteroatoms. The number of hydrogen-bond acceptors (Lipinski definition) is 5. The van der Waals surface area contributed by atoms with Crippen molar-refractivity contribution < 1.29 is 14.1 Å². The minimum atomic E-state index is -0.501. The van der Waals surface area contributed by atoms with Crippen LogP contribution in [-0.2, 0) is 13.1 Å². The molecule has 0 saturated heterocycles. The van der Waals surface area contributed by atoms with Gasteiger partial charge in [-0.25, -0.2) is 0 Å². The minimum Gasteiger partial charge on any atom is -0.467 e. The quantitative estimate of drug-likeness (QED) is 0.484. The van der Waals surface area contributed by atoms with Crippen molar-refractivity contribution in [3.8, 4) is 0 Å². The molecule has 0 unspecified atom stereocenters. The fraction of sp³-hybridized carbons (Fsp3) is 0.167. The normalized spacial score (nSPS) is 10.6. The molecule has 0 fully saturated rings. The lowest BCUT2D eigenvalue weighted by Gasteiger charge is -2.21. The molecule has 0 saturated carbocycles. The summed E-state index contributed by atoms with van der Waals surface area (Å²) in [4.78, 5) is 26.5. The fourth-order valence-electron chi connectivity index (χ4n) is 2.63. The number of thiophene rings is 1. The first-order valence-electron chi connectivity index (χ1n) is 7.64. The molecule has 0 radical (unpaired) electrons. The molecule has 0 bridgehead atoms. The molecule has 3 rings (SSSR count). The molecule has 0 spiro atoms. The van der Waals surface area contributed by atoms with Crippen LogP contribution in [0.1, 0.15) is 26.6 Å². The summed E-state index contributed by atoms with van der Waals surface area (Å²) in [7, 11) is 0. The molecule has 0 aliphatic rings. The highest BCUT2D eigenvalue weighted by Gasteiger charge is 2.27. The van der Waals surface area contributed by atoms with E-state index in [0.29, 0.717) is 17.9 Å². The highest BCUT2D eigenvalue weighted by molar-refractivity contribution is 7.09. The average molecular weight is 356 g/mol. The summed E-state index contributed by atoms with van der Waals surface area (Å²) >= 11 is 1.53. The van der Waals surface area contributed by atoms with E-state index in [4.69, 9.17) is 4.42 Å². The molecule has 128 valence electrons. The summed E-state index contributed by atoms with van der Waals surface area (Å²) in [6.07, 6.45) is 1.54. The van der Waals surface area contributed by atoms with E-state index in [1.54, 1.807) is 36.1 Å². The Balaban J connectivity index is 1.96. The van der Waals surface area contributed by atoms with Crippen LogP contribution in [0.4, 0.5) is 5.69 Å². The maximum absolute atomic E-state index is 13.1. The second kappa shape index (κ2) is 7.31. The third kappa shape index (κ3) is 3.77. The minimum absolute atomic E-state index is 0.0908. The molecule has 0 atom stereocenters. The largest absolute Gasteiger partial charge is 0.467 e. The maximum atomic E-state index is 13.1. The molecular formula is C18H16N2O4S. The first kappa shape index (κ1) is 16.9. The van der Waals surface area contributed by atoms with Crippen LogP contribution in [-0.4, -0.2) is 15.7 Å². The van der Waals surface area contributed by atoms with E-state index in [1.165, 1.54) is 23.7 Å². The van der Waals surface area contributed by atoms with Crippen LogP contribution < -0.4 is 0 Å². The highest BCUT2D eigenvalue weighted by atomic mass is 32.1. The van der Waals surface area contributed by atoms with Gasteiger partial charge in [0.1, 0.15) is 11.3 Å². The molecule has 6 nitrogen and oxygen atoms in total. The zero-order chi connectivity index (χ0) is 17.8. The van der Waals surface area contributed by atoms with Gasteiger partial charge >= 0.3 is 0 Å². The zero-order valence-electron chi connectivity index (χ0n) is 13.5. The van der Waals surface area contributed by atoms with Crippen LogP contribution in [0.5, 0.6) is 0 Å². The van der Waals surface area contributed by atoms with Gasteiger partial charge in [0.05, 0.1) is 24.3 Å². The summed E-state index contributed by atoms with van der Waals surface area (Å²) in [6, 6.07) is 12.1. The maximum Gasteiger partial charge on any atom is 0.285 e. The van der Waals surface area contributed by atoms with Gasteiger partial charge in [-0.3, -0.25) is 14.9 Å². The number of hydrogen-bond donors (Lipinski definition) is 0. The lowest BCUT2D eigenvalue weighted by atomic mass is 10.1. The monoisotopic (exact) mass is 356 g/mol. The summed E-state index contributed by atoms with van der Waals surface area (Å²) in [5.74, 6) is 0.236. The number of nitrogens with zero attached hydrogens (tertiary/aromatic N) is 2. The van der Waals surface area contributed by atoms with Crippen molar-refractivity contribution in [2.45, 2.75) is 20.0 Å². The van der Waals surface area contributed by atoms with Crippen LogP contribution in [0.2, 0.25) is 0 Å². The lowest BCUT2D eigenvalue weighted by Crippen LogP contribution is -2.30. The van der Waals surface area contributed by atoms with Gasteiger partial charge in [0.25, 0.3) is 11.6 Å². The van der Waals surface area contributed by atoms with Gasteiger partial charge in [0.2, 0.25) is 0 Å². The predicted octanol–water partition coefficient (Wildman–Crippen LogP) is 4.40. The fourth-order valence-corrected chi connectivity index (χ4v) is 3.34. The van der Waals surface area contributed by atoms with Gasteiger partial charge < -0.3 is 9.32 Å². The Labute approximate surface area is 148 Å². The number of rotatable bonds is 6. The SMILES string of the molecule is Cc1cccc(C(=O)N(Cc2ccco2)Cc2cccs2)c1[N+](=O)[O-]. The number of para-hydroxylation sites is 1. The van der Waals surface area contributed by atoms with E-state index >= 15 is 0 Å². The molecule has 3 aromatic rings. The molecule has 1 amide bonds. The van der Waals surface area contributed by atoms with Crippen molar-refractivity contribution in [1.82, 2.24) is 4.90 Å². The van der Waals surface area contributed by atoms with Crippen molar-refractivity contribution >= 4 is 22.9 Å². The molecule has 25 heavy (non-hydrogen) atoms. The van der Waals surface area contributed by atoms with E-state index in [-0.39, 0.29) is 23.7 Å². The lowest BCUT2D eigenvalue weighted by molar-refractivity contribution is -0.385. The topological polar surface area (TPSA) is 76.6 Å². The Morgan fingerprint density at radius 1 is 1.20 bits per heavy atom. The number of carbonyl (C=O) groups is 1. The average Bonchev–Trinajstić information content (AvgIpc) is 3.26. The Morgan fingerprint density at radius 2 is 2.04 bits per heavy atom. The van der Waals surface area contributed by atoms with E-state index in [2.05, 4.69) is 0 Å². The van der Waals surface area contributed by atoms with Gasteiger partial charge in [0, 0.05) is 10.4 Å². The standard InChI is InChI=1S/C18H16N2O4S/c1-13-5-2-8-16(17(13)20(22)23)18(21)19(11-14-6-3-9-24-14)12-15-7-4-10-25-15/h2-10H,11-12H2,1H3. The summed E-state index contributed by atoms with van der Waals surface area (Å²) < 4.78 is 5.35. The Morgan fingerprint density at radius 3 is 2.68 bits per heavy atom. The summed E-state index contributed by atoms with van der Waals surface area (Å²) in [5.41, 5.74) is 0.404. The van der Waals surface area contributed by atoms with Crippen LogP contribution in [0.3, 0.4) is 0 Å². The Hall–Kier alpha value is -2.93.